The minimum atomic E-state index is -4.93. The Morgan fingerprint density at radius 3 is 1.80 bits per heavy atom. The zero-order chi connectivity index (χ0) is 15.6. The van der Waals surface area contributed by atoms with Gasteiger partial charge in [0.05, 0.1) is 11.1 Å². The molecule has 0 spiro atoms. The van der Waals surface area contributed by atoms with Gasteiger partial charge in [0, 0.05) is 6.92 Å². The Hall–Kier alpha value is -1.77. The van der Waals surface area contributed by atoms with Crippen molar-refractivity contribution >= 4 is 5.97 Å². The molecule has 0 heterocycles. The highest BCUT2D eigenvalue weighted by molar-refractivity contribution is 5.65. The van der Waals surface area contributed by atoms with Crippen LogP contribution in [0.2, 0.25) is 0 Å². The van der Waals surface area contributed by atoms with E-state index in [1.807, 2.05) is 0 Å². The van der Waals surface area contributed by atoms with Gasteiger partial charge in [0.2, 0.25) is 0 Å². The molecular formula is C11H8F6O3. The second-order valence-electron chi connectivity index (χ2n) is 3.75. The summed E-state index contributed by atoms with van der Waals surface area (Å²) in [6, 6.07) is 0.965. The van der Waals surface area contributed by atoms with Crippen LogP contribution in [-0.2, 0) is 33.5 Å². The van der Waals surface area contributed by atoms with E-state index in [0.29, 0.717) is 12.1 Å². The molecule has 0 saturated carbocycles. The molecule has 0 aliphatic heterocycles. The van der Waals surface area contributed by atoms with E-state index in [1.54, 1.807) is 0 Å². The van der Waals surface area contributed by atoms with Crippen LogP contribution < -0.4 is 0 Å². The Morgan fingerprint density at radius 2 is 1.45 bits per heavy atom. The highest BCUT2D eigenvalue weighted by atomic mass is 19.4. The summed E-state index contributed by atoms with van der Waals surface area (Å²) in [5.74, 6) is -0.881. The van der Waals surface area contributed by atoms with Gasteiger partial charge in [-0.1, -0.05) is 0 Å². The Kier molecular flexibility index (Phi) is 4.64. The number of benzene rings is 1. The molecule has 0 amide bonds. The summed E-state index contributed by atoms with van der Waals surface area (Å²) < 4.78 is 75.0. The molecule has 1 aromatic carbocycles. The lowest BCUT2D eigenvalue weighted by atomic mass is 10.1. The Labute approximate surface area is 109 Å². The van der Waals surface area contributed by atoms with E-state index in [0.717, 1.165) is 6.92 Å². The number of carbonyl (C=O) groups is 1. The summed E-state index contributed by atoms with van der Waals surface area (Å²) in [4.78, 5) is 18.6. The van der Waals surface area contributed by atoms with Crippen molar-refractivity contribution in [3.8, 4) is 0 Å². The van der Waals surface area contributed by atoms with Crippen LogP contribution in [0.4, 0.5) is 26.3 Å². The first-order valence-electron chi connectivity index (χ1n) is 5.08. The molecule has 3 nitrogen and oxygen atoms in total. The third-order valence-corrected chi connectivity index (χ3v) is 2.05. The largest absolute Gasteiger partial charge is 0.416 e. The number of hydrogen-bond acceptors (Lipinski definition) is 3. The summed E-state index contributed by atoms with van der Waals surface area (Å²) >= 11 is 0. The van der Waals surface area contributed by atoms with Crippen molar-refractivity contribution in [2.75, 3.05) is 0 Å². The normalized spacial score (nSPS) is 12.3. The summed E-state index contributed by atoms with van der Waals surface area (Å²) in [5.41, 5.74) is -3.35. The van der Waals surface area contributed by atoms with Gasteiger partial charge in [-0.15, -0.1) is 0 Å². The summed E-state index contributed by atoms with van der Waals surface area (Å²) in [7, 11) is 0. The maximum absolute atomic E-state index is 12.5. The van der Waals surface area contributed by atoms with Crippen molar-refractivity contribution in [3.63, 3.8) is 0 Å². The van der Waals surface area contributed by atoms with Crippen LogP contribution in [0.15, 0.2) is 18.2 Å². The van der Waals surface area contributed by atoms with Crippen molar-refractivity contribution in [1.82, 2.24) is 0 Å². The van der Waals surface area contributed by atoms with Crippen LogP contribution in [0, 0.1) is 0 Å². The fourth-order valence-electron chi connectivity index (χ4n) is 1.28. The molecule has 20 heavy (non-hydrogen) atoms. The molecule has 0 saturated heterocycles. The van der Waals surface area contributed by atoms with Gasteiger partial charge in [-0.2, -0.15) is 31.2 Å². The molecule has 112 valence electrons. The lowest BCUT2D eigenvalue weighted by Gasteiger charge is -2.13. The van der Waals surface area contributed by atoms with Crippen LogP contribution in [0.1, 0.15) is 23.6 Å². The van der Waals surface area contributed by atoms with Gasteiger partial charge < -0.3 is 0 Å². The molecule has 9 heteroatoms. The number of carbonyl (C=O) groups excluding carboxylic acids is 1. The fraction of sp³-hybridized carbons (Fsp3) is 0.364. The van der Waals surface area contributed by atoms with Crippen molar-refractivity contribution in [1.29, 1.82) is 0 Å². The van der Waals surface area contributed by atoms with Crippen LogP contribution >= 0.6 is 0 Å². The second-order valence-corrected chi connectivity index (χ2v) is 3.75. The van der Waals surface area contributed by atoms with Gasteiger partial charge >= 0.3 is 18.3 Å². The van der Waals surface area contributed by atoms with E-state index in [1.165, 1.54) is 0 Å². The van der Waals surface area contributed by atoms with Crippen LogP contribution in [0.3, 0.4) is 0 Å². The highest BCUT2D eigenvalue weighted by Gasteiger charge is 2.36. The molecule has 0 atom stereocenters. The molecule has 0 fully saturated rings. The van der Waals surface area contributed by atoms with Crippen molar-refractivity contribution in [3.05, 3.63) is 34.9 Å². The van der Waals surface area contributed by atoms with E-state index in [4.69, 9.17) is 0 Å². The van der Waals surface area contributed by atoms with Crippen molar-refractivity contribution in [2.45, 2.75) is 25.9 Å². The smallest absolute Gasteiger partial charge is 0.298 e. The van der Waals surface area contributed by atoms with Gasteiger partial charge in [0.1, 0.15) is 6.61 Å². The van der Waals surface area contributed by atoms with Gasteiger partial charge in [0.15, 0.2) is 0 Å². The molecule has 0 bridgehead atoms. The second kappa shape index (κ2) is 5.70. The third-order valence-electron chi connectivity index (χ3n) is 2.05. The quantitative estimate of drug-likeness (QED) is 0.485. The summed E-state index contributed by atoms with van der Waals surface area (Å²) in [6.45, 7) is 0.236. The zero-order valence-corrected chi connectivity index (χ0v) is 9.93. The molecule has 0 unspecified atom stereocenters. The van der Waals surface area contributed by atoms with E-state index >= 15 is 0 Å². The minimum absolute atomic E-state index is 0.00463. The molecule has 0 aliphatic rings. The average molecular weight is 302 g/mol. The maximum Gasteiger partial charge on any atom is 0.416 e. The maximum atomic E-state index is 12.5. The highest BCUT2D eigenvalue weighted by Crippen LogP contribution is 2.36. The third kappa shape index (κ3) is 4.72. The van der Waals surface area contributed by atoms with Crippen LogP contribution in [0.25, 0.3) is 0 Å². The number of rotatable bonds is 3. The Balaban J connectivity index is 3.08. The van der Waals surface area contributed by atoms with Gasteiger partial charge in [-0.25, -0.2) is 4.79 Å². The number of halogens is 6. The lowest BCUT2D eigenvalue weighted by molar-refractivity contribution is -0.277. The first-order valence-corrected chi connectivity index (χ1v) is 5.08. The predicted octanol–water partition coefficient (Wildman–Crippen LogP) is 3.72. The van der Waals surface area contributed by atoms with E-state index in [9.17, 15) is 31.1 Å². The van der Waals surface area contributed by atoms with E-state index in [2.05, 4.69) is 9.78 Å². The van der Waals surface area contributed by atoms with Crippen molar-refractivity contribution in [2.24, 2.45) is 0 Å². The Bertz CT molecular complexity index is 460. The molecule has 0 aromatic heterocycles. The number of hydrogen-bond donors (Lipinski definition) is 0. The lowest BCUT2D eigenvalue weighted by Crippen LogP contribution is -2.12. The predicted molar refractivity (Wildman–Crippen MR) is 53.0 cm³/mol. The molecular weight excluding hydrogens is 294 g/mol. The summed E-state index contributed by atoms with van der Waals surface area (Å²) in [5, 5.41) is 0. The Morgan fingerprint density at radius 1 is 1.00 bits per heavy atom. The molecule has 0 aliphatic carbocycles. The molecule has 1 rings (SSSR count). The minimum Gasteiger partial charge on any atom is -0.298 e. The standard InChI is InChI=1S/C11H8F6O3/c1-6(18)20-19-5-7-2-8(10(12,13)14)4-9(3-7)11(15,16)17/h2-4H,5H2,1H3. The van der Waals surface area contributed by atoms with Gasteiger partial charge in [0.25, 0.3) is 0 Å². The van der Waals surface area contributed by atoms with Crippen LogP contribution in [0.5, 0.6) is 0 Å². The van der Waals surface area contributed by atoms with Crippen molar-refractivity contribution < 1.29 is 40.9 Å². The van der Waals surface area contributed by atoms with E-state index < -0.39 is 41.6 Å². The van der Waals surface area contributed by atoms with E-state index in [-0.39, 0.29) is 6.07 Å². The topological polar surface area (TPSA) is 35.5 Å². The van der Waals surface area contributed by atoms with Crippen LogP contribution in [-0.4, -0.2) is 5.97 Å². The number of alkyl halides is 6. The molecule has 0 radical (unpaired) electrons. The molecule has 0 N–H and O–H groups in total. The first-order chi connectivity index (χ1) is 9.00. The molecule has 1 aromatic rings. The zero-order valence-electron chi connectivity index (χ0n) is 9.93. The fourth-order valence-corrected chi connectivity index (χ4v) is 1.28. The van der Waals surface area contributed by atoms with Gasteiger partial charge in [-0.3, -0.25) is 4.89 Å². The summed E-state index contributed by atoms with van der Waals surface area (Å²) in [6.07, 6.45) is -9.87. The monoisotopic (exact) mass is 302 g/mol. The first kappa shape index (κ1) is 16.3. The van der Waals surface area contributed by atoms with Gasteiger partial charge in [-0.05, 0) is 23.8 Å². The average Bonchev–Trinajstić information content (AvgIpc) is 2.25. The SMILES string of the molecule is CC(=O)OOCc1cc(C(F)(F)F)cc(C(F)(F)F)c1.